The largest absolute Gasteiger partial charge is 0.338 e. The summed E-state index contributed by atoms with van der Waals surface area (Å²) in [5.74, 6) is 0.0282. The van der Waals surface area contributed by atoms with Crippen LogP contribution in [0, 0.1) is 0 Å². The smallest absolute Gasteiger partial charge is 0.219 e. The number of fused-ring (bicyclic) bond motifs is 1. The molecule has 5 heteroatoms. The molecule has 1 aromatic carbocycles. The Kier molecular flexibility index (Phi) is 2.95. The van der Waals surface area contributed by atoms with Crippen molar-refractivity contribution < 1.29 is 13.2 Å². The minimum atomic E-state index is -3.18. The first-order chi connectivity index (χ1) is 7.88. The quantitative estimate of drug-likeness (QED) is 0.750. The fourth-order valence-electron chi connectivity index (χ4n) is 2.03. The highest BCUT2D eigenvalue weighted by atomic mass is 32.2. The molecule has 0 aliphatic carbocycles. The van der Waals surface area contributed by atoms with E-state index in [-0.39, 0.29) is 5.91 Å². The second kappa shape index (κ2) is 4.14. The van der Waals surface area contributed by atoms with Crippen LogP contribution in [0.25, 0.3) is 0 Å². The molecule has 0 saturated carbocycles. The van der Waals surface area contributed by atoms with Gasteiger partial charge < -0.3 is 4.90 Å². The topological polar surface area (TPSA) is 54.5 Å². The average molecular weight is 253 g/mol. The lowest BCUT2D eigenvalue weighted by Crippen LogP contribution is -2.34. The standard InChI is InChI=1S/C12H15NO3S/c1-9(14)13-6-5-10-3-4-12(17(2,15)16)7-11(10)8-13/h3-4,7H,5-6,8H2,1-2H3. The number of nitrogens with zero attached hydrogens (tertiary/aromatic N) is 1. The van der Waals surface area contributed by atoms with Crippen LogP contribution in [0.2, 0.25) is 0 Å². The number of amides is 1. The molecule has 0 spiro atoms. The summed E-state index contributed by atoms with van der Waals surface area (Å²) in [5.41, 5.74) is 2.07. The van der Waals surface area contributed by atoms with Crippen molar-refractivity contribution >= 4 is 15.7 Å². The third-order valence-corrected chi connectivity index (χ3v) is 4.17. The molecule has 1 aliphatic heterocycles. The molecule has 2 rings (SSSR count). The van der Waals surface area contributed by atoms with Crippen molar-refractivity contribution in [2.75, 3.05) is 12.8 Å². The molecule has 4 nitrogen and oxygen atoms in total. The van der Waals surface area contributed by atoms with Gasteiger partial charge in [0.25, 0.3) is 0 Å². The molecule has 0 unspecified atom stereocenters. The van der Waals surface area contributed by atoms with Gasteiger partial charge >= 0.3 is 0 Å². The Bertz CT molecular complexity index is 563. The third-order valence-electron chi connectivity index (χ3n) is 3.06. The number of carbonyl (C=O) groups excluding carboxylic acids is 1. The van der Waals surface area contributed by atoms with E-state index >= 15 is 0 Å². The number of sulfone groups is 1. The molecule has 0 radical (unpaired) electrons. The van der Waals surface area contributed by atoms with Crippen molar-refractivity contribution in [3.05, 3.63) is 29.3 Å². The first-order valence-corrected chi connectivity index (χ1v) is 7.34. The number of benzene rings is 1. The summed E-state index contributed by atoms with van der Waals surface area (Å²) in [7, 11) is -3.18. The summed E-state index contributed by atoms with van der Waals surface area (Å²) in [5, 5.41) is 0. The number of hydrogen-bond donors (Lipinski definition) is 0. The average Bonchev–Trinajstić information content (AvgIpc) is 2.26. The second-order valence-corrected chi connectivity index (χ2v) is 6.41. The van der Waals surface area contributed by atoms with E-state index in [1.807, 2.05) is 6.07 Å². The molecule has 0 atom stereocenters. The first kappa shape index (κ1) is 12.1. The highest BCUT2D eigenvalue weighted by Crippen LogP contribution is 2.22. The van der Waals surface area contributed by atoms with Gasteiger partial charge in [0.05, 0.1) is 4.90 Å². The van der Waals surface area contributed by atoms with E-state index in [0.717, 1.165) is 17.5 Å². The van der Waals surface area contributed by atoms with Gasteiger partial charge in [-0.1, -0.05) is 6.07 Å². The van der Waals surface area contributed by atoms with Gasteiger partial charge in [-0.05, 0) is 29.7 Å². The van der Waals surface area contributed by atoms with Crippen LogP contribution in [0.5, 0.6) is 0 Å². The molecule has 0 aromatic heterocycles. The summed E-state index contributed by atoms with van der Waals surface area (Å²) < 4.78 is 22.9. The van der Waals surface area contributed by atoms with E-state index in [4.69, 9.17) is 0 Å². The number of hydrogen-bond acceptors (Lipinski definition) is 3. The van der Waals surface area contributed by atoms with Crippen molar-refractivity contribution in [2.24, 2.45) is 0 Å². The van der Waals surface area contributed by atoms with Gasteiger partial charge in [0.2, 0.25) is 5.91 Å². The van der Waals surface area contributed by atoms with Gasteiger partial charge in [-0.3, -0.25) is 4.79 Å². The van der Waals surface area contributed by atoms with Gasteiger partial charge in [-0.25, -0.2) is 8.42 Å². The molecule has 0 saturated heterocycles. The second-order valence-electron chi connectivity index (χ2n) is 4.39. The Morgan fingerprint density at radius 3 is 2.59 bits per heavy atom. The Hall–Kier alpha value is -1.36. The monoisotopic (exact) mass is 253 g/mol. The van der Waals surface area contributed by atoms with E-state index in [0.29, 0.717) is 18.0 Å². The summed E-state index contributed by atoms with van der Waals surface area (Å²) in [6.45, 7) is 2.75. The van der Waals surface area contributed by atoms with E-state index in [1.165, 1.54) is 13.2 Å². The summed E-state index contributed by atoms with van der Waals surface area (Å²) in [6, 6.07) is 5.17. The SMILES string of the molecule is CC(=O)N1CCc2ccc(S(C)(=O)=O)cc2C1. The lowest BCUT2D eigenvalue weighted by atomic mass is 10.00. The molecule has 17 heavy (non-hydrogen) atoms. The molecular formula is C12H15NO3S. The van der Waals surface area contributed by atoms with Gasteiger partial charge in [0.15, 0.2) is 9.84 Å². The number of rotatable bonds is 1. The van der Waals surface area contributed by atoms with Crippen molar-refractivity contribution in [1.82, 2.24) is 4.90 Å². The van der Waals surface area contributed by atoms with Gasteiger partial charge in [-0.2, -0.15) is 0 Å². The Morgan fingerprint density at radius 1 is 1.29 bits per heavy atom. The van der Waals surface area contributed by atoms with E-state index in [9.17, 15) is 13.2 Å². The minimum Gasteiger partial charge on any atom is -0.338 e. The maximum absolute atomic E-state index is 11.5. The predicted molar refractivity (Wildman–Crippen MR) is 64.3 cm³/mol. The van der Waals surface area contributed by atoms with Gasteiger partial charge in [-0.15, -0.1) is 0 Å². The first-order valence-electron chi connectivity index (χ1n) is 5.45. The van der Waals surface area contributed by atoms with Crippen molar-refractivity contribution in [3.63, 3.8) is 0 Å². The fourth-order valence-corrected chi connectivity index (χ4v) is 2.70. The number of carbonyl (C=O) groups is 1. The zero-order valence-corrected chi connectivity index (χ0v) is 10.8. The normalized spacial score (nSPS) is 15.5. The highest BCUT2D eigenvalue weighted by Gasteiger charge is 2.19. The Labute approximate surface area is 101 Å². The maximum Gasteiger partial charge on any atom is 0.219 e. The van der Waals surface area contributed by atoms with Crippen LogP contribution in [0.4, 0.5) is 0 Å². The van der Waals surface area contributed by atoms with Crippen LogP contribution in [0.15, 0.2) is 23.1 Å². The van der Waals surface area contributed by atoms with Crippen molar-refractivity contribution in [1.29, 1.82) is 0 Å². The molecule has 0 bridgehead atoms. The van der Waals surface area contributed by atoms with Crippen LogP contribution in [0.1, 0.15) is 18.1 Å². The fraction of sp³-hybridized carbons (Fsp3) is 0.417. The molecule has 1 aliphatic rings. The highest BCUT2D eigenvalue weighted by molar-refractivity contribution is 7.90. The molecule has 92 valence electrons. The lowest BCUT2D eigenvalue weighted by molar-refractivity contribution is -0.129. The zero-order chi connectivity index (χ0) is 12.6. The molecule has 1 heterocycles. The van der Waals surface area contributed by atoms with Crippen LogP contribution >= 0.6 is 0 Å². The summed E-state index contributed by atoms with van der Waals surface area (Å²) >= 11 is 0. The van der Waals surface area contributed by atoms with Crippen molar-refractivity contribution in [3.8, 4) is 0 Å². The third kappa shape index (κ3) is 2.49. The van der Waals surface area contributed by atoms with Gasteiger partial charge in [0, 0.05) is 26.3 Å². The van der Waals surface area contributed by atoms with Crippen molar-refractivity contribution in [2.45, 2.75) is 24.8 Å². The summed E-state index contributed by atoms with van der Waals surface area (Å²) in [4.78, 5) is 13.3. The molecular weight excluding hydrogens is 238 g/mol. The molecule has 1 aromatic rings. The lowest BCUT2D eigenvalue weighted by Gasteiger charge is -2.28. The maximum atomic E-state index is 11.5. The zero-order valence-electron chi connectivity index (χ0n) is 9.93. The summed E-state index contributed by atoms with van der Waals surface area (Å²) in [6.07, 6.45) is 1.99. The molecule has 0 N–H and O–H groups in total. The van der Waals surface area contributed by atoms with Crippen LogP contribution in [-0.4, -0.2) is 32.0 Å². The van der Waals surface area contributed by atoms with Crippen LogP contribution in [0.3, 0.4) is 0 Å². The Morgan fingerprint density at radius 2 is 2.00 bits per heavy atom. The van der Waals surface area contributed by atoms with Crippen LogP contribution in [-0.2, 0) is 27.6 Å². The van der Waals surface area contributed by atoms with E-state index < -0.39 is 9.84 Å². The predicted octanol–water partition coefficient (Wildman–Crippen LogP) is 0.995. The van der Waals surface area contributed by atoms with Crippen LogP contribution < -0.4 is 0 Å². The minimum absolute atomic E-state index is 0.0282. The Balaban J connectivity index is 2.39. The molecule has 1 amide bonds. The molecule has 0 fully saturated rings. The van der Waals surface area contributed by atoms with E-state index in [2.05, 4.69) is 0 Å². The van der Waals surface area contributed by atoms with E-state index in [1.54, 1.807) is 17.0 Å². The van der Waals surface area contributed by atoms with Gasteiger partial charge in [0.1, 0.15) is 0 Å².